The van der Waals surface area contributed by atoms with Crippen LogP contribution < -0.4 is 5.32 Å². The van der Waals surface area contributed by atoms with Gasteiger partial charge in [0.2, 0.25) is 0 Å². The number of aromatic nitrogens is 6. The van der Waals surface area contributed by atoms with Crippen LogP contribution in [-0.4, -0.2) is 41.5 Å². The van der Waals surface area contributed by atoms with Crippen LogP contribution in [0, 0.1) is 0 Å². The molecule has 17 heavy (non-hydrogen) atoms. The van der Waals surface area contributed by atoms with Crippen LogP contribution in [0.5, 0.6) is 0 Å². The molecular formula is C9H15N7O. The molecule has 92 valence electrons. The predicted octanol–water partition coefficient (Wildman–Crippen LogP) is -1.31. The van der Waals surface area contributed by atoms with E-state index in [2.05, 4.69) is 25.8 Å². The zero-order valence-corrected chi connectivity index (χ0v) is 9.61. The highest BCUT2D eigenvalue weighted by Crippen LogP contribution is 1.95. The Labute approximate surface area is 98.3 Å². The van der Waals surface area contributed by atoms with Crippen molar-refractivity contribution in [2.45, 2.75) is 19.6 Å². The lowest BCUT2D eigenvalue weighted by Crippen LogP contribution is -2.16. The summed E-state index contributed by atoms with van der Waals surface area (Å²) in [5.41, 5.74) is 0.834. The molecule has 0 saturated carbocycles. The van der Waals surface area contributed by atoms with Crippen molar-refractivity contribution in [3.63, 3.8) is 0 Å². The second kappa shape index (κ2) is 5.51. The SMILES string of the molecule is Cn1cnnc1CNCc1cn(CCO)nn1. The summed E-state index contributed by atoms with van der Waals surface area (Å²) in [6.45, 7) is 1.77. The van der Waals surface area contributed by atoms with E-state index in [0.29, 0.717) is 19.6 Å². The summed E-state index contributed by atoms with van der Waals surface area (Å²) in [6.07, 6.45) is 3.47. The van der Waals surface area contributed by atoms with E-state index >= 15 is 0 Å². The average Bonchev–Trinajstić information content (AvgIpc) is 2.90. The number of rotatable bonds is 6. The summed E-state index contributed by atoms with van der Waals surface area (Å²) in [4.78, 5) is 0. The van der Waals surface area contributed by atoms with E-state index in [1.807, 2.05) is 11.6 Å². The average molecular weight is 237 g/mol. The van der Waals surface area contributed by atoms with E-state index in [4.69, 9.17) is 5.11 Å². The molecule has 2 aromatic heterocycles. The van der Waals surface area contributed by atoms with Gasteiger partial charge in [-0.05, 0) is 0 Å². The topological polar surface area (TPSA) is 93.7 Å². The summed E-state index contributed by atoms with van der Waals surface area (Å²) in [5, 5.41) is 27.5. The highest BCUT2D eigenvalue weighted by atomic mass is 16.3. The Hall–Kier alpha value is -1.80. The van der Waals surface area contributed by atoms with Crippen molar-refractivity contribution in [2.24, 2.45) is 7.05 Å². The lowest BCUT2D eigenvalue weighted by Gasteiger charge is -2.01. The number of hydrogen-bond donors (Lipinski definition) is 2. The molecule has 0 aliphatic heterocycles. The van der Waals surface area contributed by atoms with Gasteiger partial charge in [0, 0.05) is 19.8 Å². The summed E-state index contributed by atoms with van der Waals surface area (Å²) in [6, 6.07) is 0. The Morgan fingerprint density at radius 2 is 2.24 bits per heavy atom. The van der Waals surface area contributed by atoms with Gasteiger partial charge in [-0.2, -0.15) is 0 Å². The van der Waals surface area contributed by atoms with E-state index in [0.717, 1.165) is 11.5 Å². The fourth-order valence-corrected chi connectivity index (χ4v) is 1.40. The molecular weight excluding hydrogens is 222 g/mol. The van der Waals surface area contributed by atoms with Gasteiger partial charge in [-0.15, -0.1) is 15.3 Å². The maximum atomic E-state index is 8.74. The molecule has 0 unspecified atom stereocenters. The molecule has 0 aliphatic rings. The minimum absolute atomic E-state index is 0.0647. The van der Waals surface area contributed by atoms with Crippen LogP contribution in [0.2, 0.25) is 0 Å². The van der Waals surface area contributed by atoms with E-state index in [9.17, 15) is 0 Å². The molecule has 2 N–H and O–H groups in total. The first-order valence-corrected chi connectivity index (χ1v) is 5.33. The summed E-state index contributed by atoms with van der Waals surface area (Å²) in [7, 11) is 1.90. The van der Waals surface area contributed by atoms with Crippen LogP contribution in [0.3, 0.4) is 0 Å². The third kappa shape index (κ3) is 3.08. The predicted molar refractivity (Wildman–Crippen MR) is 58.7 cm³/mol. The molecule has 0 spiro atoms. The van der Waals surface area contributed by atoms with Gasteiger partial charge in [0.25, 0.3) is 0 Å². The van der Waals surface area contributed by atoms with Gasteiger partial charge in [-0.3, -0.25) is 0 Å². The van der Waals surface area contributed by atoms with Gasteiger partial charge >= 0.3 is 0 Å². The molecule has 2 rings (SSSR count). The van der Waals surface area contributed by atoms with Gasteiger partial charge in [-0.25, -0.2) is 4.68 Å². The van der Waals surface area contributed by atoms with Gasteiger partial charge in [0.15, 0.2) is 0 Å². The standard InChI is InChI=1S/C9H15N7O/c1-15-7-11-13-9(15)5-10-4-8-6-16(2-3-17)14-12-8/h6-7,10,17H,2-5H2,1H3. The second-order valence-corrected chi connectivity index (χ2v) is 3.66. The summed E-state index contributed by atoms with van der Waals surface area (Å²) < 4.78 is 3.47. The molecule has 0 atom stereocenters. The van der Waals surface area contributed by atoms with Crippen molar-refractivity contribution in [1.82, 2.24) is 35.1 Å². The second-order valence-electron chi connectivity index (χ2n) is 3.66. The minimum atomic E-state index is 0.0647. The lowest BCUT2D eigenvalue weighted by atomic mass is 10.4. The highest BCUT2D eigenvalue weighted by molar-refractivity contribution is 4.92. The van der Waals surface area contributed by atoms with Crippen molar-refractivity contribution in [3.8, 4) is 0 Å². The van der Waals surface area contributed by atoms with E-state index in [1.54, 1.807) is 17.2 Å². The maximum absolute atomic E-state index is 8.74. The van der Waals surface area contributed by atoms with Crippen molar-refractivity contribution >= 4 is 0 Å². The third-order valence-corrected chi connectivity index (χ3v) is 2.31. The van der Waals surface area contributed by atoms with Crippen LogP contribution in [0.1, 0.15) is 11.5 Å². The molecule has 0 saturated heterocycles. The molecule has 0 aliphatic carbocycles. The molecule has 0 amide bonds. The Balaban J connectivity index is 1.80. The number of nitrogens with zero attached hydrogens (tertiary/aromatic N) is 6. The number of nitrogens with one attached hydrogen (secondary N) is 1. The van der Waals surface area contributed by atoms with Crippen LogP contribution in [-0.2, 0) is 26.7 Å². The van der Waals surface area contributed by atoms with Crippen LogP contribution in [0.4, 0.5) is 0 Å². The smallest absolute Gasteiger partial charge is 0.146 e. The van der Waals surface area contributed by atoms with E-state index in [-0.39, 0.29) is 6.61 Å². The largest absolute Gasteiger partial charge is 0.394 e. The molecule has 0 fully saturated rings. The van der Waals surface area contributed by atoms with E-state index < -0.39 is 0 Å². The zero-order chi connectivity index (χ0) is 12.1. The molecule has 8 nitrogen and oxygen atoms in total. The Morgan fingerprint density at radius 3 is 2.94 bits per heavy atom. The number of aliphatic hydroxyl groups is 1. The van der Waals surface area contributed by atoms with Crippen molar-refractivity contribution < 1.29 is 5.11 Å². The molecule has 2 heterocycles. The van der Waals surface area contributed by atoms with Gasteiger partial charge in [-0.1, -0.05) is 5.21 Å². The summed E-state index contributed by atoms with van der Waals surface area (Å²) >= 11 is 0. The lowest BCUT2D eigenvalue weighted by molar-refractivity contribution is 0.268. The monoisotopic (exact) mass is 237 g/mol. The molecule has 0 radical (unpaired) electrons. The Bertz CT molecular complexity index is 463. The molecule has 2 aromatic rings. The number of aryl methyl sites for hydroxylation is 1. The maximum Gasteiger partial charge on any atom is 0.146 e. The van der Waals surface area contributed by atoms with Crippen molar-refractivity contribution in [2.75, 3.05) is 6.61 Å². The Morgan fingerprint density at radius 1 is 1.35 bits per heavy atom. The molecule has 0 aromatic carbocycles. The fraction of sp³-hybridized carbons (Fsp3) is 0.556. The molecule has 0 bridgehead atoms. The van der Waals surface area contributed by atoms with Gasteiger partial charge in [0.1, 0.15) is 12.2 Å². The third-order valence-electron chi connectivity index (χ3n) is 2.31. The first kappa shape index (κ1) is 11.7. The van der Waals surface area contributed by atoms with Gasteiger partial charge < -0.3 is 15.0 Å². The van der Waals surface area contributed by atoms with E-state index in [1.165, 1.54) is 0 Å². The minimum Gasteiger partial charge on any atom is -0.394 e. The highest BCUT2D eigenvalue weighted by Gasteiger charge is 2.02. The fourth-order valence-electron chi connectivity index (χ4n) is 1.40. The number of hydrogen-bond acceptors (Lipinski definition) is 6. The Kier molecular flexibility index (Phi) is 3.78. The van der Waals surface area contributed by atoms with Crippen LogP contribution >= 0.6 is 0 Å². The van der Waals surface area contributed by atoms with Crippen molar-refractivity contribution in [1.29, 1.82) is 0 Å². The van der Waals surface area contributed by atoms with Crippen LogP contribution in [0.25, 0.3) is 0 Å². The quantitative estimate of drug-likeness (QED) is 0.648. The van der Waals surface area contributed by atoms with Gasteiger partial charge in [0.05, 0.1) is 25.4 Å². The molecule has 8 heteroatoms. The number of aliphatic hydroxyl groups excluding tert-OH is 1. The summed E-state index contributed by atoms with van der Waals surface area (Å²) in [5.74, 6) is 0.868. The van der Waals surface area contributed by atoms with Crippen LogP contribution in [0.15, 0.2) is 12.5 Å². The van der Waals surface area contributed by atoms with Crippen molar-refractivity contribution in [3.05, 3.63) is 24.0 Å². The normalized spacial score (nSPS) is 10.9. The zero-order valence-electron chi connectivity index (χ0n) is 9.61. The first-order valence-electron chi connectivity index (χ1n) is 5.33. The first-order chi connectivity index (χ1) is 8.29.